The number of methoxy groups -OCH3 is 1. The van der Waals surface area contributed by atoms with Crippen LogP contribution in [0.4, 0.5) is 0 Å². The van der Waals surface area contributed by atoms with E-state index in [2.05, 4.69) is 0 Å². The molecule has 2 heterocycles. The molecule has 0 amide bonds. The smallest absolute Gasteiger partial charge is 0.187 e. The lowest BCUT2D eigenvalue weighted by Gasteiger charge is -2.45. The number of hydrogen-bond donors (Lipinski definition) is 7. The summed E-state index contributed by atoms with van der Waals surface area (Å²) in [5, 5.41) is 67.8. The monoisotopic (exact) mass is 356 g/mol. The van der Waals surface area contributed by atoms with Gasteiger partial charge in [0.25, 0.3) is 0 Å². The van der Waals surface area contributed by atoms with Crippen LogP contribution in [0.2, 0.25) is 0 Å². The summed E-state index contributed by atoms with van der Waals surface area (Å²) < 4.78 is 20.8. The number of hydrogen-bond acceptors (Lipinski definition) is 11. The van der Waals surface area contributed by atoms with Gasteiger partial charge >= 0.3 is 0 Å². The third-order valence-corrected chi connectivity index (χ3v) is 4.20. The maximum Gasteiger partial charge on any atom is 0.187 e. The van der Waals surface area contributed by atoms with E-state index in [9.17, 15) is 25.5 Å². The van der Waals surface area contributed by atoms with Crippen molar-refractivity contribution in [3.63, 3.8) is 0 Å². The van der Waals surface area contributed by atoms with Crippen LogP contribution in [0.15, 0.2) is 0 Å². The van der Waals surface area contributed by atoms with E-state index in [1.54, 1.807) is 0 Å². The molecule has 0 radical (unpaired) electrons. The molecule has 0 saturated carbocycles. The normalized spacial score (nSPS) is 50.0. The Morgan fingerprint density at radius 2 is 1.21 bits per heavy atom. The highest BCUT2D eigenvalue weighted by atomic mass is 16.8. The van der Waals surface area contributed by atoms with Crippen LogP contribution in [0.25, 0.3) is 0 Å². The van der Waals surface area contributed by atoms with Gasteiger partial charge in [0.15, 0.2) is 12.6 Å². The zero-order chi connectivity index (χ0) is 18.0. The SMILES string of the molecule is CO[C@H]1O[C@H](CO)[C@@H](O)[C@H](O)[C@@H]1O[C@H]1O[C@H](CO)[C@@H](O)[C@H](O)[C@H]1O. The number of aliphatic hydroxyl groups is 7. The molecule has 0 aromatic carbocycles. The van der Waals surface area contributed by atoms with Crippen molar-refractivity contribution in [1.82, 2.24) is 0 Å². The maximum absolute atomic E-state index is 10.2. The minimum atomic E-state index is -1.68. The Morgan fingerprint density at radius 3 is 1.71 bits per heavy atom. The third kappa shape index (κ3) is 3.71. The van der Waals surface area contributed by atoms with E-state index >= 15 is 0 Å². The van der Waals surface area contributed by atoms with E-state index in [-0.39, 0.29) is 0 Å². The van der Waals surface area contributed by atoms with Gasteiger partial charge in [-0.15, -0.1) is 0 Å². The molecule has 2 saturated heterocycles. The van der Waals surface area contributed by atoms with Crippen molar-refractivity contribution in [2.45, 2.75) is 61.4 Å². The summed E-state index contributed by atoms with van der Waals surface area (Å²) in [6.07, 6.45) is -14.3. The zero-order valence-electron chi connectivity index (χ0n) is 13.0. The predicted octanol–water partition coefficient (Wildman–Crippen LogP) is -4.74. The second-order valence-electron chi connectivity index (χ2n) is 5.74. The Kier molecular flexibility index (Phi) is 6.87. The summed E-state index contributed by atoms with van der Waals surface area (Å²) in [4.78, 5) is 0. The third-order valence-electron chi connectivity index (χ3n) is 4.20. The van der Waals surface area contributed by atoms with Crippen molar-refractivity contribution in [1.29, 1.82) is 0 Å². The predicted molar refractivity (Wildman–Crippen MR) is 73.4 cm³/mol. The molecule has 0 aromatic heterocycles. The van der Waals surface area contributed by atoms with Crippen LogP contribution in [-0.2, 0) is 18.9 Å². The summed E-state index contributed by atoms with van der Waals surface area (Å²) in [5.41, 5.74) is 0. The molecule has 10 atom stereocenters. The summed E-state index contributed by atoms with van der Waals surface area (Å²) in [6, 6.07) is 0. The molecular weight excluding hydrogens is 332 g/mol. The van der Waals surface area contributed by atoms with Gasteiger partial charge in [0.2, 0.25) is 0 Å². The van der Waals surface area contributed by atoms with Crippen LogP contribution in [0, 0.1) is 0 Å². The fourth-order valence-electron chi connectivity index (χ4n) is 2.73. The first kappa shape index (κ1) is 19.9. The molecule has 0 aliphatic carbocycles. The maximum atomic E-state index is 10.2. The van der Waals surface area contributed by atoms with E-state index in [0.717, 1.165) is 0 Å². The molecule has 2 rings (SSSR count). The average molecular weight is 356 g/mol. The second-order valence-corrected chi connectivity index (χ2v) is 5.74. The molecule has 0 bridgehead atoms. The van der Waals surface area contributed by atoms with Gasteiger partial charge in [0.1, 0.15) is 48.8 Å². The molecule has 2 aliphatic heterocycles. The molecule has 0 spiro atoms. The topological polar surface area (TPSA) is 179 Å². The summed E-state index contributed by atoms with van der Waals surface area (Å²) in [7, 11) is 1.24. The van der Waals surface area contributed by atoms with Crippen molar-refractivity contribution in [2.75, 3.05) is 20.3 Å². The van der Waals surface area contributed by atoms with Gasteiger partial charge in [-0.05, 0) is 0 Å². The number of ether oxygens (including phenoxy) is 4. The van der Waals surface area contributed by atoms with Gasteiger partial charge in [-0.1, -0.05) is 0 Å². The van der Waals surface area contributed by atoms with Crippen LogP contribution < -0.4 is 0 Å². The zero-order valence-corrected chi connectivity index (χ0v) is 13.0. The van der Waals surface area contributed by atoms with Crippen molar-refractivity contribution in [2.24, 2.45) is 0 Å². The molecule has 11 nitrogen and oxygen atoms in total. The number of rotatable bonds is 5. The van der Waals surface area contributed by atoms with Crippen molar-refractivity contribution >= 4 is 0 Å². The van der Waals surface area contributed by atoms with E-state index in [1.807, 2.05) is 0 Å². The lowest BCUT2D eigenvalue weighted by molar-refractivity contribution is -0.364. The van der Waals surface area contributed by atoms with E-state index < -0.39 is 74.6 Å². The van der Waals surface area contributed by atoms with Gasteiger partial charge in [-0.2, -0.15) is 0 Å². The Labute approximate surface area is 137 Å². The van der Waals surface area contributed by atoms with Crippen LogP contribution in [0.1, 0.15) is 0 Å². The summed E-state index contributed by atoms with van der Waals surface area (Å²) >= 11 is 0. The molecular formula is C13H24O11. The highest BCUT2D eigenvalue weighted by Crippen LogP contribution is 2.29. The first-order chi connectivity index (χ1) is 11.3. The lowest BCUT2D eigenvalue weighted by Crippen LogP contribution is -2.64. The summed E-state index contributed by atoms with van der Waals surface area (Å²) in [5.74, 6) is 0. The highest BCUT2D eigenvalue weighted by Gasteiger charge is 2.50. The Bertz CT molecular complexity index is 392. The molecule has 7 N–H and O–H groups in total. The van der Waals surface area contributed by atoms with Gasteiger partial charge in [0.05, 0.1) is 13.2 Å². The van der Waals surface area contributed by atoms with E-state index in [0.29, 0.717) is 0 Å². The van der Waals surface area contributed by atoms with Crippen LogP contribution in [-0.4, -0.2) is 117 Å². The van der Waals surface area contributed by atoms with Crippen molar-refractivity contribution in [3.05, 3.63) is 0 Å². The molecule has 11 heteroatoms. The summed E-state index contributed by atoms with van der Waals surface area (Å²) in [6.45, 7) is -1.21. The Balaban J connectivity index is 2.12. The Morgan fingerprint density at radius 1 is 0.708 bits per heavy atom. The number of aliphatic hydroxyl groups excluding tert-OH is 7. The van der Waals surface area contributed by atoms with Crippen LogP contribution in [0.5, 0.6) is 0 Å². The van der Waals surface area contributed by atoms with Gasteiger partial charge < -0.3 is 54.7 Å². The first-order valence-corrected chi connectivity index (χ1v) is 7.46. The quantitative estimate of drug-likeness (QED) is 0.251. The molecule has 2 fully saturated rings. The first-order valence-electron chi connectivity index (χ1n) is 7.46. The Hall–Kier alpha value is -0.440. The average Bonchev–Trinajstić information content (AvgIpc) is 2.59. The fraction of sp³-hybridized carbons (Fsp3) is 1.00. The van der Waals surface area contributed by atoms with E-state index in [1.165, 1.54) is 7.11 Å². The van der Waals surface area contributed by atoms with Gasteiger partial charge in [-0.25, -0.2) is 0 Å². The van der Waals surface area contributed by atoms with Crippen molar-refractivity contribution < 1.29 is 54.7 Å². The molecule has 142 valence electrons. The molecule has 24 heavy (non-hydrogen) atoms. The molecule has 2 aliphatic rings. The van der Waals surface area contributed by atoms with Gasteiger partial charge in [-0.3, -0.25) is 0 Å². The standard InChI is InChI=1S/C13H24O11/c1-21-13-11(9(19)7(17)5(3-15)23-13)24-12-10(20)8(18)6(16)4(2-14)22-12/h4-20H,2-3H2,1H3/t4-,5-,6-,7-,8+,9+,10-,11+,12-,13+/m1/s1. The van der Waals surface area contributed by atoms with Crippen LogP contribution >= 0.6 is 0 Å². The van der Waals surface area contributed by atoms with Crippen molar-refractivity contribution in [3.8, 4) is 0 Å². The second kappa shape index (κ2) is 8.29. The van der Waals surface area contributed by atoms with Gasteiger partial charge in [0, 0.05) is 7.11 Å². The van der Waals surface area contributed by atoms with Crippen LogP contribution in [0.3, 0.4) is 0 Å². The molecule has 0 aromatic rings. The lowest BCUT2D eigenvalue weighted by atomic mass is 9.97. The minimum Gasteiger partial charge on any atom is -0.394 e. The fourth-order valence-corrected chi connectivity index (χ4v) is 2.73. The largest absolute Gasteiger partial charge is 0.394 e. The van der Waals surface area contributed by atoms with E-state index in [4.69, 9.17) is 29.2 Å². The highest BCUT2D eigenvalue weighted by molar-refractivity contribution is 4.93. The molecule has 0 unspecified atom stereocenters. The minimum absolute atomic E-state index is 0.565.